The van der Waals surface area contributed by atoms with Gasteiger partial charge in [0.1, 0.15) is 5.75 Å². The zero-order valence-corrected chi connectivity index (χ0v) is 14.1. The fraction of sp³-hybridized carbons (Fsp3) is 0.500. The van der Waals surface area contributed by atoms with Crippen molar-refractivity contribution in [1.29, 1.82) is 0 Å². The van der Waals surface area contributed by atoms with Crippen molar-refractivity contribution in [2.24, 2.45) is 5.92 Å². The van der Waals surface area contributed by atoms with E-state index in [4.69, 9.17) is 15.4 Å². The summed E-state index contributed by atoms with van der Waals surface area (Å²) in [6, 6.07) is 4.26. The Balaban J connectivity index is 2.77. The summed E-state index contributed by atoms with van der Waals surface area (Å²) in [5, 5.41) is 2.78. The normalized spacial score (nSPS) is 13.0. The average molecular weight is 334 g/mol. The smallest absolute Gasteiger partial charge is 0.261 e. The van der Waals surface area contributed by atoms with Crippen molar-refractivity contribution in [3.8, 4) is 5.75 Å². The molecule has 0 aliphatic heterocycles. The number of rotatable bonds is 6. The fourth-order valence-electron chi connectivity index (χ4n) is 1.60. The van der Waals surface area contributed by atoms with Crippen molar-refractivity contribution >= 4 is 25.6 Å². The molecule has 21 heavy (non-hydrogen) atoms. The summed E-state index contributed by atoms with van der Waals surface area (Å²) in [5.41, 5.74) is 0.597. The quantitative estimate of drug-likeness (QED) is 0.812. The maximum Gasteiger partial charge on any atom is 0.261 e. The highest BCUT2D eigenvalue weighted by Gasteiger charge is 2.17. The second-order valence-corrected chi connectivity index (χ2v) is 7.83. The van der Waals surface area contributed by atoms with E-state index in [2.05, 4.69) is 5.32 Å². The van der Waals surface area contributed by atoms with Crippen LogP contribution in [0.1, 0.15) is 26.3 Å². The third kappa shape index (κ3) is 5.55. The van der Waals surface area contributed by atoms with Crippen molar-refractivity contribution in [2.45, 2.75) is 38.7 Å². The van der Waals surface area contributed by atoms with Gasteiger partial charge < -0.3 is 10.1 Å². The van der Waals surface area contributed by atoms with E-state index in [1.165, 1.54) is 18.2 Å². The number of benzene rings is 1. The van der Waals surface area contributed by atoms with E-state index in [0.29, 0.717) is 23.8 Å². The van der Waals surface area contributed by atoms with Crippen molar-refractivity contribution in [2.75, 3.05) is 6.54 Å². The molecule has 5 nitrogen and oxygen atoms in total. The highest BCUT2D eigenvalue weighted by atomic mass is 35.7. The number of carbonyl (C=O) groups is 1. The maximum atomic E-state index is 11.8. The van der Waals surface area contributed by atoms with Gasteiger partial charge in [0.2, 0.25) is 0 Å². The van der Waals surface area contributed by atoms with Crippen molar-refractivity contribution < 1.29 is 17.9 Å². The Hall–Kier alpha value is -1.27. The minimum absolute atomic E-state index is 0.00549. The molecule has 0 aliphatic carbocycles. The summed E-state index contributed by atoms with van der Waals surface area (Å²) in [5.74, 6) is 0.597. The van der Waals surface area contributed by atoms with Crippen molar-refractivity contribution in [1.82, 2.24) is 5.32 Å². The topological polar surface area (TPSA) is 72.5 Å². The van der Waals surface area contributed by atoms with Gasteiger partial charge in [0.25, 0.3) is 15.0 Å². The first kappa shape index (κ1) is 17.8. The number of nitrogens with one attached hydrogen (secondary N) is 1. The third-order valence-electron chi connectivity index (χ3n) is 2.79. The van der Waals surface area contributed by atoms with Gasteiger partial charge in [-0.15, -0.1) is 0 Å². The Morgan fingerprint density at radius 1 is 1.33 bits per heavy atom. The summed E-state index contributed by atoms with van der Waals surface area (Å²) in [6.45, 7) is 7.92. The molecule has 0 bridgehead atoms. The van der Waals surface area contributed by atoms with Crippen LogP contribution in [0.2, 0.25) is 0 Å². The fourth-order valence-corrected chi connectivity index (χ4v) is 2.43. The molecule has 1 atom stereocenters. The molecule has 118 valence electrons. The lowest BCUT2D eigenvalue weighted by Crippen LogP contribution is -2.38. The Bertz CT molecular complexity index is 613. The highest BCUT2D eigenvalue weighted by Crippen LogP contribution is 2.24. The molecule has 1 aromatic rings. The SMILES string of the molecule is Cc1cc(S(=O)(=O)Cl)ccc1OC(C)C(=O)NCC(C)C. The summed E-state index contributed by atoms with van der Waals surface area (Å²) < 4.78 is 28.0. The van der Waals surface area contributed by atoms with Gasteiger partial charge in [-0.1, -0.05) is 13.8 Å². The van der Waals surface area contributed by atoms with Gasteiger partial charge in [-0.25, -0.2) is 8.42 Å². The molecule has 1 unspecified atom stereocenters. The Labute approximate surface area is 130 Å². The molecule has 0 saturated heterocycles. The molecule has 0 aliphatic rings. The van der Waals surface area contributed by atoms with E-state index < -0.39 is 15.2 Å². The molecule has 0 fully saturated rings. The lowest BCUT2D eigenvalue weighted by Gasteiger charge is -2.17. The standard InChI is InChI=1S/C14H20ClNO4S/c1-9(2)8-16-14(17)11(4)20-13-6-5-12(7-10(13)3)21(15,18)19/h5-7,9,11H,8H2,1-4H3,(H,16,17). The predicted molar refractivity (Wildman–Crippen MR) is 82.2 cm³/mol. The van der Waals surface area contributed by atoms with Crippen LogP contribution >= 0.6 is 10.7 Å². The van der Waals surface area contributed by atoms with E-state index in [9.17, 15) is 13.2 Å². The minimum atomic E-state index is -3.77. The van der Waals surface area contributed by atoms with Gasteiger partial charge in [0, 0.05) is 17.2 Å². The average Bonchev–Trinajstić information content (AvgIpc) is 2.36. The van der Waals surface area contributed by atoms with Crippen molar-refractivity contribution in [3.05, 3.63) is 23.8 Å². The predicted octanol–water partition coefficient (Wildman–Crippen LogP) is 2.46. The zero-order valence-electron chi connectivity index (χ0n) is 12.5. The lowest BCUT2D eigenvalue weighted by molar-refractivity contribution is -0.127. The van der Waals surface area contributed by atoms with Gasteiger partial charge in [0.15, 0.2) is 6.10 Å². The van der Waals surface area contributed by atoms with Crippen LogP contribution in [-0.2, 0) is 13.8 Å². The van der Waals surface area contributed by atoms with Crippen molar-refractivity contribution in [3.63, 3.8) is 0 Å². The molecular weight excluding hydrogens is 314 g/mol. The van der Waals surface area contributed by atoms with Gasteiger partial charge in [0.05, 0.1) is 4.90 Å². The molecule has 1 aromatic carbocycles. The van der Waals surface area contributed by atoms with Gasteiger partial charge in [-0.2, -0.15) is 0 Å². The summed E-state index contributed by atoms with van der Waals surface area (Å²) in [7, 11) is 1.51. The number of carbonyl (C=O) groups excluding carboxylic acids is 1. The van der Waals surface area contributed by atoms with Crippen LogP contribution in [0.3, 0.4) is 0 Å². The van der Waals surface area contributed by atoms with Crippen LogP contribution in [0, 0.1) is 12.8 Å². The largest absolute Gasteiger partial charge is 0.481 e. The Morgan fingerprint density at radius 2 is 1.95 bits per heavy atom. The molecule has 0 spiro atoms. The van der Waals surface area contributed by atoms with Gasteiger partial charge in [-0.05, 0) is 43.5 Å². The molecule has 0 saturated carbocycles. The number of aryl methyl sites for hydroxylation is 1. The van der Waals surface area contributed by atoms with Gasteiger partial charge >= 0.3 is 0 Å². The number of hydrogen-bond donors (Lipinski definition) is 1. The molecule has 1 amide bonds. The van der Waals surface area contributed by atoms with Crippen LogP contribution < -0.4 is 10.1 Å². The molecule has 1 N–H and O–H groups in total. The monoisotopic (exact) mass is 333 g/mol. The van der Waals surface area contributed by atoms with Gasteiger partial charge in [-0.3, -0.25) is 4.79 Å². The number of ether oxygens (including phenoxy) is 1. The zero-order chi connectivity index (χ0) is 16.2. The van der Waals surface area contributed by atoms with E-state index in [0.717, 1.165) is 0 Å². The molecular formula is C14H20ClNO4S. The second kappa shape index (κ2) is 7.13. The van der Waals surface area contributed by atoms with Crippen LogP contribution in [0.15, 0.2) is 23.1 Å². The first-order valence-electron chi connectivity index (χ1n) is 6.61. The molecule has 7 heteroatoms. The lowest BCUT2D eigenvalue weighted by atomic mass is 10.2. The summed E-state index contributed by atoms with van der Waals surface area (Å²) in [6.07, 6.45) is -0.666. The highest BCUT2D eigenvalue weighted by molar-refractivity contribution is 8.13. The maximum absolute atomic E-state index is 11.8. The first-order chi connectivity index (χ1) is 9.61. The minimum Gasteiger partial charge on any atom is -0.481 e. The van der Waals surface area contributed by atoms with Crippen LogP contribution in [0.4, 0.5) is 0 Å². The second-order valence-electron chi connectivity index (χ2n) is 5.26. The van der Waals surface area contributed by atoms with E-state index in [1.54, 1.807) is 13.8 Å². The first-order valence-corrected chi connectivity index (χ1v) is 8.92. The molecule has 0 heterocycles. The van der Waals surface area contributed by atoms with Crippen LogP contribution in [0.25, 0.3) is 0 Å². The number of hydrogen-bond acceptors (Lipinski definition) is 4. The number of halogens is 1. The Kier molecular flexibility index (Phi) is 6.04. The Morgan fingerprint density at radius 3 is 2.43 bits per heavy atom. The van der Waals surface area contributed by atoms with Crippen LogP contribution in [-0.4, -0.2) is 27.0 Å². The number of amides is 1. The third-order valence-corrected chi connectivity index (χ3v) is 4.14. The summed E-state index contributed by atoms with van der Waals surface area (Å²) >= 11 is 0. The molecule has 0 aromatic heterocycles. The van der Waals surface area contributed by atoms with E-state index >= 15 is 0 Å². The summed E-state index contributed by atoms with van der Waals surface area (Å²) in [4.78, 5) is 11.8. The molecule has 1 rings (SSSR count). The molecule has 0 radical (unpaired) electrons. The van der Waals surface area contributed by atoms with Crippen LogP contribution in [0.5, 0.6) is 5.75 Å². The van der Waals surface area contributed by atoms with E-state index in [1.807, 2.05) is 13.8 Å². The van der Waals surface area contributed by atoms with E-state index in [-0.39, 0.29) is 10.8 Å².